The summed E-state index contributed by atoms with van der Waals surface area (Å²) in [5.41, 5.74) is 0.835. The summed E-state index contributed by atoms with van der Waals surface area (Å²) in [5.74, 6) is 0.978. The van der Waals surface area contributed by atoms with E-state index in [2.05, 4.69) is 0 Å². The molecule has 1 amide bonds. The molecule has 0 atom stereocenters. The Kier molecular flexibility index (Phi) is 3.13. The minimum Gasteiger partial charge on any atom is -0.508 e. The molecule has 0 saturated heterocycles. The molecule has 3 nitrogen and oxygen atoms in total. The van der Waals surface area contributed by atoms with Crippen molar-refractivity contribution in [3.05, 3.63) is 24.3 Å². The van der Waals surface area contributed by atoms with Crippen molar-refractivity contribution in [2.45, 2.75) is 25.7 Å². The van der Waals surface area contributed by atoms with Crippen LogP contribution in [0.4, 0.5) is 5.69 Å². The van der Waals surface area contributed by atoms with Gasteiger partial charge in [0.1, 0.15) is 5.75 Å². The zero-order valence-electron chi connectivity index (χ0n) is 9.52. The van der Waals surface area contributed by atoms with Crippen LogP contribution in [0.25, 0.3) is 0 Å². The van der Waals surface area contributed by atoms with Crippen LogP contribution in [0.1, 0.15) is 25.7 Å². The Morgan fingerprint density at radius 1 is 1.38 bits per heavy atom. The first-order chi connectivity index (χ1) is 7.66. The van der Waals surface area contributed by atoms with Gasteiger partial charge in [0, 0.05) is 19.2 Å². The van der Waals surface area contributed by atoms with E-state index in [1.54, 1.807) is 36.2 Å². The summed E-state index contributed by atoms with van der Waals surface area (Å²) in [6.45, 7) is 0. The number of phenolic OH excluding ortho intramolecular Hbond substituents is 1. The number of nitrogens with zero attached hydrogens (tertiary/aromatic N) is 1. The zero-order chi connectivity index (χ0) is 11.5. The van der Waals surface area contributed by atoms with Gasteiger partial charge in [-0.2, -0.15) is 0 Å². The third kappa shape index (κ3) is 2.35. The molecule has 1 aromatic rings. The molecule has 1 N–H and O–H groups in total. The van der Waals surface area contributed by atoms with Crippen LogP contribution in [-0.2, 0) is 4.79 Å². The third-order valence-corrected chi connectivity index (χ3v) is 3.30. The predicted octanol–water partition coefficient (Wildman–Crippen LogP) is 2.55. The van der Waals surface area contributed by atoms with Crippen LogP contribution in [0.15, 0.2) is 24.3 Å². The van der Waals surface area contributed by atoms with E-state index in [4.69, 9.17) is 5.11 Å². The fourth-order valence-corrected chi connectivity index (χ4v) is 1.90. The van der Waals surface area contributed by atoms with Gasteiger partial charge in [-0.05, 0) is 43.0 Å². The second-order valence-corrected chi connectivity index (χ2v) is 4.47. The monoisotopic (exact) mass is 219 g/mol. The largest absolute Gasteiger partial charge is 0.508 e. The van der Waals surface area contributed by atoms with Crippen molar-refractivity contribution in [2.75, 3.05) is 11.9 Å². The van der Waals surface area contributed by atoms with E-state index in [9.17, 15) is 4.79 Å². The number of phenols is 1. The summed E-state index contributed by atoms with van der Waals surface area (Å²) < 4.78 is 0. The molecule has 1 aliphatic rings. The summed E-state index contributed by atoms with van der Waals surface area (Å²) in [7, 11) is 1.79. The Morgan fingerprint density at radius 2 is 2.00 bits per heavy atom. The molecule has 0 aliphatic heterocycles. The molecule has 1 aliphatic carbocycles. The SMILES string of the molecule is CN(C(=O)CC1CCC1)c1ccc(O)cc1. The van der Waals surface area contributed by atoms with Gasteiger partial charge in [-0.3, -0.25) is 4.79 Å². The molecular formula is C13H17NO2. The minimum atomic E-state index is 0.162. The lowest BCUT2D eigenvalue weighted by Gasteiger charge is -2.27. The highest BCUT2D eigenvalue weighted by atomic mass is 16.3. The van der Waals surface area contributed by atoms with Gasteiger partial charge in [0.05, 0.1) is 0 Å². The average Bonchev–Trinajstić information content (AvgIpc) is 2.23. The molecule has 0 radical (unpaired) electrons. The van der Waals surface area contributed by atoms with E-state index in [-0.39, 0.29) is 11.7 Å². The summed E-state index contributed by atoms with van der Waals surface area (Å²) in [6, 6.07) is 6.72. The molecule has 0 unspecified atom stereocenters. The number of hydrogen-bond donors (Lipinski definition) is 1. The molecule has 0 bridgehead atoms. The maximum Gasteiger partial charge on any atom is 0.226 e. The molecule has 0 spiro atoms. The molecular weight excluding hydrogens is 202 g/mol. The molecule has 2 rings (SSSR count). The van der Waals surface area contributed by atoms with Crippen LogP contribution in [-0.4, -0.2) is 18.1 Å². The molecule has 1 saturated carbocycles. The Morgan fingerprint density at radius 3 is 2.50 bits per heavy atom. The molecule has 16 heavy (non-hydrogen) atoms. The number of amides is 1. The second kappa shape index (κ2) is 4.56. The first-order valence-electron chi connectivity index (χ1n) is 5.72. The highest BCUT2D eigenvalue weighted by Gasteiger charge is 2.22. The van der Waals surface area contributed by atoms with Crippen molar-refractivity contribution in [2.24, 2.45) is 5.92 Å². The molecule has 3 heteroatoms. The van der Waals surface area contributed by atoms with Gasteiger partial charge in [-0.25, -0.2) is 0 Å². The Bertz CT molecular complexity index is 368. The normalized spacial score (nSPS) is 15.6. The lowest BCUT2D eigenvalue weighted by Crippen LogP contribution is -2.29. The van der Waals surface area contributed by atoms with Gasteiger partial charge in [-0.1, -0.05) is 6.42 Å². The van der Waals surface area contributed by atoms with Crippen molar-refractivity contribution in [1.82, 2.24) is 0 Å². The maximum absolute atomic E-state index is 11.9. The van der Waals surface area contributed by atoms with E-state index >= 15 is 0 Å². The smallest absolute Gasteiger partial charge is 0.226 e. The van der Waals surface area contributed by atoms with Crippen LogP contribution in [0.5, 0.6) is 5.75 Å². The van der Waals surface area contributed by atoms with E-state index in [1.807, 2.05) is 0 Å². The number of anilines is 1. The van der Waals surface area contributed by atoms with E-state index in [1.165, 1.54) is 19.3 Å². The Hall–Kier alpha value is -1.51. The van der Waals surface area contributed by atoms with Gasteiger partial charge in [0.2, 0.25) is 5.91 Å². The van der Waals surface area contributed by atoms with Crippen LogP contribution in [0.3, 0.4) is 0 Å². The van der Waals surface area contributed by atoms with Crippen LogP contribution < -0.4 is 4.90 Å². The van der Waals surface area contributed by atoms with E-state index in [0.29, 0.717) is 12.3 Å². The first kappa shape index (κ1) is 11.0. The quantitative estimate of drug-likeness (QED) is 0.848. The first-order valence-corrected chi connectivity index (χ1v) is 5.72. The topological polar surface area (TPSA) is 40.5 Å². The molecule has 0 aromatic heterocycles. The van der Waals surface area contributed by atoms with Gasteiger partial charge in [-0.15, -0.1) is 0 Å². The van der Waals surface area contributed by atoms with Gasteiger partial charge in [0.15, 0.2) is 0 Å². The Labute approximate surface area is 95.7 Å². The van der Waals surface area contributed by atoms with Gasteiger partial charge in [0.25, 0.3) is 0 Å². The molecule has 1 fully saturated rings. The lowest BCUT2D eigenvalue weighted by atomic mass is 9.83. The fraction of sp³-hybridized carbons (Fsp3) is 0.462. The number of carbonyl (C=O) groups excluding carboxylic acids is 1. The fourth-order valence-electron chi connectivity index (χ4n) is 1.90. The third-order valence-electron chi connectivity index (χ3n) is 3.30. The number of hydrogen-bond acceptors (Lipinski definition) is 2. The molecule has 0 heterocycles. The lowest BCUT2D eigenvalue weighted by molar-refractivity contribution is -0.119. The molecule has 86 valence electrons. The van der Waals surface area contributed by atoms with E-state index in [0.717, 1.165) is 5.69 Å². The standard InChI is InChI=1S/C13H17NO2/c1-14(11-5-7-12(15)8-6-11)13(16)9-10-3-2-4-10/h5-8,10,15H,2-4,9H2,1H3. The number of rotatable bonds is 3. The maximum atomic E-state index is 11.9. The van der Waals surface area contributed by atoms with Gasteiger partial charge < -0.3 is 10.0 Å². The van der Waals surface area contributed by atoms with Crippen LogP contribution >= 0.6 is 0 Å². The van der Waals surface area contributed by atoms with Crippen LogP contribution in [0.2, 0.25) is 0 Å². The second-order valence-electron chi connectivity index (χ2n) is 4.47. The van der Waals surface area contributed by atoms with Crippen LogP contribution in [0, 0.1) is 5.92 Å². The van der Waals surface area contributed by atoms with Crippen molar-refractivity contribution in [3.63, 3.8) is 0 Å². The predicted molar refractivity (Wildman–Crippen MR) is 63.5 cm³/mol. The highest BCUT2D eigenvalue weighted by Crippen LogP contribution is 2.30. The minimum absolute atomic E-state index is 0.162. The summed E-state index contributed by atoms with van der Waals surface area (Å²) in [6.07, 6.45) is 4.29. The highest BCUT2D eigenvalue weighted by molar-refractivity contribution is 5.93. The van der Waals surface area contributed by atoms with Crippen molar-refractivity contribution in [1.29, 1.82) is 0 Å². The Balaban J connectivity index is 1.97. The summed E-state index contributed by atoms with van der Waals surface area (Å²) >= 11 is 0. The summed E-state index contributed by atoms with van der Waals surface area (Å²) in [4.78, 5) is 13.6. The molecule has 1 aromatic carbocycles. The zero-order valence-corrected chi connectivity index (χ0v) is 9.52. The average molecular weight is 219 g/mol. The number of carbonyl (C=O) groups is 1. The van der Waals surface area contributed by atoms with Crippen molar-refractivity contribution in [3.8, 4) is 5.75 Å². The van der Waals surface area contributed by atoms with Gasteiger partial charge >= 0.3 is 0 Å². The summed E-state index contributed by atoms with van der Waals surface area (Å²) in [5, 5.41) is 9.17. The van der Waals surface area contributed by atoms with E-state index < -0.39 is 0 Å². The van der Waals surface area contributed by atoms with Crippen molar-refractivity contribution >= 4 is 11.6 Å². The number of aromatic hydroxyl groups is 1. The van der Waals surface area contributed by atoms with Crippen molar-refractivity contribution < 1.29 is 9.90 Å². The number of benzene rings is 1.